The summed E-state index contributed by atoms with van der Waals surface area (Å²) in [4.78, 5) is 0. The normalized spacial score (nSPS) is 10.4. The van der Waals surface area contributed by atoms with Gasteiger partial charge in [-0.25, -0.2) is 0 Å². The highest BCUT2D eigenvalue weighted by molar-refractivity contribution is 6.03. The van der Waals surface area contributed by atoms with Crippen LogP contribution in [-0.4, -0.2) is 0 Å². The molecule has 6 aromatic rings. The topological polar surface area (TPSA) is 0 Å². The van der Waals surface area contributed by atoms with Crippen molar-refractivity contribution in [2.45, 2.75) is 111 Å². The summed E-state index contributed by atoms with van der Waals surface area (Å²) in [5.41, 5.74) is 17.1. The Morgan fingerprint density at radius 1 is 0.354 bits per heavy atom. The van der Waals surface area contributed by atoms with E-state index in [1.54, 1.807) is 0 Å². The molecule has 0 amide bonds. The second-order valence-electron chi connectivity index (χ2n) is 11.2. The van der Waals surface area contributed by atoms with Gasteiger partial charge >= 0.3 is 0 Å². The van der Waals surface area contributed by atoms with Gasteiger partial charge in [-0.1, -0.05) is 178 Å². The number of aryl methyl sites for hydroxylation is 4. The highest BCUT2D eigenvalue weighted by atomic mass is 14.3. The van der Waals surface area contributed by atoms with Gasteiger partial charge in [0.05, 0.1) is 0 Å². The average Bonchev–Trinajstić information content (AvgIpc) is 3.66. The number of hydrogen-bond acceptors (Lipinski definition) is 0. The Labute approximate surface area is 295 Å². The molecule has 0 N–H and O–H groups in total. The van der Waals surface area contributed by atoms with E-state index in [-0.39, 0.29) is 14.9 Å². The van der Waals surface area contributed by atoms with Crippen LogP contribution < -0.4 is 0 Å². The van der Waals surface area contributed by atoms with E-state index in [0.717, 1.165) is 12.8 Å². The van der Waals surface area contributed by atoms with Crippen molar-refractivity contribution >= 4 is 21.5 Å². The summed E-state index contributed by atoms with van der Waals surface area (Å²) >= 11 is 0. The average molecular weight is 641 g/mol. The first-order valence-electron chi connectivity index (χ1n) is 17.7. The van der Waals surface area contributed by atoms with Crippen LogP contribution in [-0.2, 0) is 12.8 Å². The lowest BCUT2D eigenvalue weighted by atomic mass is 9.94. The molecular weight excluding hydrogens is 577 g/mol. The second kappa shape index (κ2) is 19.6. The lowest BCUT2D eigenvalue weighted by molar-refractivity contribution is 1.24. The lowest BCUT2D eigenvalue weighted by Gasteiger charge is -2.09. The predicted molar refractivity (Wildman–Crippen MR) is 222 cm³/mol. The SMILES string of the molecule is C.C.CC.CC.CC.CC.Cc1ccc2c(c1)Cc1cc(C)c3ccccc3c1-2.Cc1ccc2c(c1)Cc1ccc3c(C)cccc3c1-2. The molecule has 0 aromatic heterocycles. The number of fused-ring (bicyclic) bond motifs is 10. The van der Waals surface area contributed by atoms with Gasteiger partial charge in [-0.2, -0.15) is 0 Å². The maximum atomic E-state index is 2.37. The van der Waals surface area contributed by atoms with Gasteiger partial charge in [0.1, 0.15) is 0 Å². The summed E-state index contributed by atoms with van der Waals surface area (Å²) in [5.74, 6) is 0. The first-order chi connectivity index (χ1) is 22.5. The standard InChI is InChI=1S/2C19H16.4C2H6.2CH4/c1-12-6-8-17-15(10-12)11-14-7-9-16-13(2)4-3-5-18(16)19(14)17;1-12-7-8-17-14(9-12)11-15-10-13(2)16-5-3-4-6-18(16)19(15)17;4*1-2;;/h2*3-10H,11H2,1-2H3;4*1-2H3;2*1H4. The van der Waals surface area contributed by atoms with Gasteiger partial charge in [-0.05, 0) is 118 Å². The zero-order chi connectivity index (χ0) is 34.0. The molecule has 0 radical (unpaired) electrons. The van der Waals surface area contributed by atoms with Gasteiger partial charge in [0.2, 0.25) is 0 Å². The van der Waals surface area contributed by atoms with Crippen molar-refractivity contribution in [3.63, 3.8) is 0 Å². The second-order valence-corrected chi connectivity index (χ2v) is 11.2. The minimum Gasteiger partial charge on any atom is -0.0776 e. The fourth-order valence-electron chi connectivity index (χ4n) is 6.75. The van der Waals surface area contributed by atoms with Crippen LogP contribution in [0.4, 0.5) is 0 Å². The van der Waals surface area contributed by atoms with Gasteiger partial charge in [0, 0.05) is 0 Å². The fraction of sp³-hybridized carbons (Fsp3) is 0.333. The molecule has 0 nitrogen and oxygen atoms in total. The van der Waals surface area contributed by atoms with Crippen LogP contribution in [0.2, 0.25) is 0 Å². The van der Waals surface area contributed by atoms with Crippen LogP contribution in [0.3, 0.4) is 0 Å². The van der Waals surface area contributed by atoms with Crippen molar-refractivity contribution in [2.24, 2.45) is 0 Å². The molecular formula is C48H64. The van der Waals surface area contributed by atoms with E-state index in [2.05, 4.69) is 125 Å². The highest BCUT2D eigenvalue weighted by Crippen LogP contribution is 2.43. The Morgan fingerprint density at radius 2 is 0.792 bits per heavy atom. The van der Waals surface area contributed by atoms with Crippen LogP contribution in [0.1, 0.15) is 115 Å². The van der Waals surface area contributed by atoms with Gasteiger partial charge in [0.15, 0.2) is 0 Å². The first kappa shape index (κ1) is 41.9. The maximum Gasteiger partial charge on any atom is -0.00130 e. The van der Waals surface area contributed by atoms with Gasteiger partial charge in [-0.3, -0.25) is 0 Å². The molecule has 6 aromatic carbocycles. The van der Waals surface area contributed by atoms with Crippen molar-refractivity contribution in [1.82, 2.24) is 0 Å². The highest BCUT2D eigenvalue weighted by Gasteiger charge is 2.22. The largest absolute Gasteiger partial charge is 0.0776 e. The van der Waals surface area contributed by atoms with Gasteiger partial charge in [0.25, 0.3) is 0 Å². The first-order valence-corrected chi connectivity index (χ1v) is 17.7. The molecule has 0 atom stereocenters. The lowest BCUT2D eigenvalue weighted by Crippen LogP contribution is -1.86. The summed E-state index contributed by atoms with van der Waals surface area (Å²) in [6.07, 6.45) is 2.16. The summed E-state index contributed by atoms with van der Waals surface area (Å²) in [7, 11) is 0. The van der Waals surface area contributed by atoms with E-state index in [1.165, 1.54) is 88.3 Å². The van der Waals surface area contributed by atoms with Crippen LogP contribution in [0, 0.1) is 27.7 Å². The molecule has 0 heterocycles. The Balaban J connectivity index is 0.000000385. The number of hydrogen-bond donors (Lipinski definition) is 0. The smallest absolute Gasteiger partial charge is 0.00130 e. The van der Waals surface area contributed by atoms with Gasteiger partial charge in [-0.15, -0.1) is 0 Å². The van der Waals surface area contributed by atoms with Crippen LogP contribution in [0.5, 0.6) is 0 Å². The monoisotopic (exact) mass is 641 g/mol. The Hall–Kier alpha value is -4.16. The summed E-state index contributed by atoms with van der Waals surface area (Å²) in [5, 5.41) is 5.57. The van der Waals surface area contributed by atoms with E-state index in [1.807, 2.05) is 55.4 Å². The maximum absolute atomic E-state index is 2.37. The molecule has 0 aliphatic heterocycles. The Morgan fingerprint density at radius 3 is 1.33 bits per heavy atom. The molecule has 0 fully saturated rings. The van der Waals surface area contributed by atoms with E-state index in [0.29, 0.717) is 0 Å². The molecule has 48 heavy (non-hydrogen) atoms. The van der Waals surface area contributed by atoms with E-state index >= 15 is 0 Å². The third kappa shape index (κ3) is 8.27. The number of rotatable bonds is 0. The van der Waals surface area contributed by atoms with Crippen LogP contribution in [0.15, 0.2) is 97.1 Å². The zero-order valence-electron chi connectivity index (χ0n) is 30.7. The van der Waals surface area contributed by atoms with Gasteiger partial charge < -0.3 is 0 Å². The van der Waals surface area contributed by atoms with Crippen molar-refractivity contribution in [3.8, 4) is 22.3 Å². The molecule has 0 bridgehead atoms. The van der Waals surface area contributed by atoms with Crippen molar-refractivity contribution in [3.05, 3.63) is 142 Å². The fourth-order valence-corrected chi connectivity index (χ4v) is 6.75. The van der Waals surface area contributed by atoms with Crippen molar-refractivity contribution in [2.75, 3.05) is 0 Å². The van der Waals surface area contributed by atoms with Crippen molar-refractivity contribution in [1.29, 1.82) is 0 Å². The molecule has 0 unspecified atom stereocenters. The molecule has 8 rings (SSSR count). The quantitative estimate of drug-likeness (QED) is 0.155. The third-order valence-corrected chi connectivity index (χ3v) is 8.52. The Kier molecular flexibility index (Phi) is 17.1. The summed E-state index contributed by atoms with van der Waals surface area (Å²) in [6, 6.07) is 36.0. The predicted octanol–water partition coefficient (Wildman–Crippen LogP) is 15.4. The van der Waals surface area contributed by atoms with Crippen LogP contribution >= 0.6 is 0 Å². The minimum atomic E-state index is 0. The number of benzene rings is 6. The van der Waals surface area contributed by atoms with E-state index < -0.39 is 0 Å². The molecule has 2 aliphatic carbocycles. The minimum absolute atomic E-state index is 0. The zero-order valence-corrected chi connectivity index (χ0v) is 30.7. The molecule has 0 saturated carbocycles. The van der Waals surface area contributed by atoms with Crippen molar-refractivity contribution < 1.29 is 0 Å². The Bertz CT molecular complexity index is 1870. The van der Waals surface area contributed by atoms with E-state index in [9.17, 15) is 0 Å². The summed E-state index contributed by atoms with van der Waals surface area (Å²) in [6.45, 7) is 24.8. The van der Waals surface area contributed by atoms with Crippen LogP contribution in [0.25, 0.3) is 43.8 Å². The molecule has 256 valence electrons. The van der Waals surface area contributed by atoms with E-state index in [4.69, 9.17) is 0 Å². The molecule has 0 spiro atoms. The summed E-state index contributed by atoms with van der Waals surface area (Å²) < 4.78 is 0. The molecule has 2 aliphatic rings. The third-order valence-electron chi connectivity index (χ3n) is 8.52. The molecule has 0 saturated heterocycles. The molecule has 0 heteroatoms.